The minimum atomic E-state index is -3.14. The van der Waals surface area contributed by atoms with E-state index in [9.17, 15) is 8.42 Å². The molecule has 0 aromatic rings. The standard InChI is InChI=1S/C13H24N2O3S/c16-19(17,11-5-7-14-8-6-11)15-9-10-18-13-4-2-1-3-12(13)15/h11-14H,1-10H2. The van der Waals surface area contributed by atoms with Crippen LogP contribution >= 0.6 is 0 Å². The summed E-state index contributed by atoms with van der Waals surface area (Å²) in [5.41, 5.74) is 0. The zero-order valence-electron chi connectivity index (χ0n) is 11.4. The van der Waals surface area contributed by atoms with E-state index < -0.39 is 10.0 Å². The van der Waals surface area contributed by atoms with Crippen molar-refractivity contribution in [1.82, 2.24) is 9.62 Å². The van der Waals surface area contributed by atoms with Crippen molar-refractivity contribution in [2.45, 2.75) is 55.9 Å². The predicted molar refractivity (Wildman–Crippen MR) is 73.5 cm³/mol. The van der Waals surface area contributed by atoms with Gasteiger partial charge in [-0.1, -0.05) is 12.8 Å². The Labute approximate surface area is 115 Å². The first-order valence-corrected chi connectivity index (χ1v) is 9.03. The molecule has 0 aromatic heterocycles. The average molecular weight is 288 g/mol. The van der Waals surface area contributed by atoms with Crippen molar-refractivity contribution in [3.63, 3.8) is 0 Å². The van der Waals surface area contributed by atoms with E-state index in [4.69, 9.17) is 4.74 Å². The number of hydrogen-bond donors (Lipinski definition) is 1. The lowest BCUT2D eigenvalue weighted by Crippen LogP contribution is -2.57. The average Bonchev–Trinajstić information content (AvgIpc) is 2.47. The molecule has 2 atom stereocenters. The lowest BCUT2D eigenvalue weighted by Gasteiger charge is -2.44. The highest BCUT2D eigenvalue weighted by molar-refractivity contribution is 7.89. The van der Waals surface area contributed by atoms with Crippen molar-refractivity contribution in [1.29, 1.82) is 0 Å². The third-order valence-electron chi connectivity index (χ3n) is 4.72. The van der Waals surface area contributed by atoms with E-state index in [1.54, 1.807) is 4.31 Å². The number of nitrogens with zero attached hydrogens (tertiary/aromatic N) is 1. The second-order valence-electron chi connectivity index (χ2n) is 5.87. The molecule has 2 aliphatic heterocycles. The van der Waals surface area contributed by atoms with Crippen molar-refractivity contribution in [2.24, 2.45) is 0 Å². The summed E-state index contributed by atoms with van der Waals surface area (Å²) in [5.74, 6) is 0. The molecule has 3 fully saturated rings. The van der Waals surface area contributed by atoms with Gasteiger partial charge in [0.25, 0.3) is 0 Å². The van der Waals surface area contributed by atoms with Gasteiger partial charge in [-0.05, 0) is 38.8 Å². The van der Waals surface area contributed by atoms with Gasteiger partial charge in [0.05, 0.1) is 24.0 Å². The number of fused-ring (bicyclic) bond motifs is 1. The summed E-state index contributed by atoms with van der Waals surface area (Å²) < 4.78 is 33.2. The Morgan fingerprint density at radius 2 is 1.79 bits per heavy atom. The molecular formula is C13H24N2O3S. The van der Waals surface area contributed by atoms with Crippen molar-refractivity contribution >= 4 is 10.0 Å². The predicted octanol–water partition coefficient (Wildman–Crippen LogP) is 0.712. The van der Waals surface area contributed by atoms with E-state index in [1.165, 1.54) is 6.42 Å². The molecule has 2 saturated heterocycles. The first-order chi connectivity index (χ1) is 9.19. The van der Waals surface area contributed by atoms with Crippen molar-refractivity contribution in [2.75, 3.05) is 26.2 Å². The molecule has 0 bridgehead atoms. The third kappa shape index (κ3) is 2.68. The highest BCUT2D eigenvalue weighted by Gasteiger charge is 2.43. The molecule has 0 radical (unpaired) electrons. The van der Waals surface area contributed by atoms with Gasteiger partial charge in [0.15, 0.2) is 0 Å². The summed E-state index contributed by atoms with van der Waals surface area (Å²) in [5, 5.41) is 3.05. The van der Waals surface area contributed by atoms with Crippen LogP contribution in [0.1, 0.15) is 38.5 Å². The van der Waals surface area contributed by atoms with Gasteiger partial charge < -0.3 is 10.1 Å². The normalized spacial score (nSPS) is 34.9. The van der Waals surface area contributed by atoms with Crippen molar-refractivity contribution < 1.29 is 13.2 Å². The van der Waals surface area contributed by atoms with E-state index in [2.05, 4.69) is 5.32 Å². The molecule has 110 valence electrons. The van der Waals surface area contributed by atoms with Gasteiger partial charge in [-0.2, -0.15) is 4.31 Å². The van der Waals surface area contributed by atoms with Crippen LogP contribution in [0.15, 0.2) is 0 Å². The molecule has 6 heteroatoms. The summed E-state index contributed by atoms with van der Waals surface area (Å²) in [7, 11) is -3.14. The maximum atomic E-state index is 12.8. The van der Waals surface area contributed by atoms with Gasteiger partial charge in [-0.15, -0.1) is 0 Å². The first-order valence-electron chi connectivity index (χ1n) is 7.52. The monoisotopic (exact) mass is 288 g/mol. The number of ether oxygens (including phenoxy) is 1. The molecule has 0 spiro atoms. The van der Waals surface area contributed by atoms with Gasteiger partial charge in [0, 0.05) is 6.54 Å². The summed E-state index contributed by atoms with van der Waals surface area (Å²) in [6.45, 7) is 2.75. The van der Waals surface area contributed by atoms with Crippen LogP contribution in [0, 0.1) is 0 Å². The van der Waals surface area contributed by atoms with Crippen LogP contribution in [0.25, 0.3) is 0 Å². The topological polar surface area (TPSA) is 58.6 Å². The minimum Gasteiger partial charge on any atom is -0.375 e. The number of hydrogen-bond acceptors (Lipinski definition) is 4. The molecule has 3 rings (SSSR count). The molecule has 0 amide bonds. The Bertz CT molecular complexity index is 404. The highest BCUT2D eigenvalue weighted by Crippen LogP contribution is 2.32. The number of piperidine rings is 1. The van der Waals surface area contributed by atoms with Crippen LogP contribution in [0.2, 0.25) is 0 Å². The fourth-order valence-corrected chi connectivity index (χ4v) is 5.82. The fraction of sp³-hybridized carbons (Fsp3) is 1.00. The van der Waals surface area contributed by atoms with Crippen LogP contribution in [-0.2, 0) is 14.8 Å². The Morgan fingerprint density at radius 3 is 2.58 bits per heavy atom. The van der Waals surface area contributed by atoms with E-state index in [0.717, 1.165) is 45.2 Å². The molecule has 2 heterocycles. The van der Waals surface area contributed by atoms with Gasteiger partial charge in [0.2, 0.25) is 10.0 Å². The minimum absolute atomic E-state index is 0.0994. The summed E-state index contributed by atoms with van der Waals surface area (Å²) in [6, 6.07) is 0.0994. The SMILES string of the molecule is O=S(=O)(C1CCNCC1)N1CCOC2CCCCC21. The highest BCUT2D eigenvalue weighted by atomic mass is 32.2. The van der Waals surface area contributed by atoms with E-state index >= 15 is 0 Å². The maximum Gasteiger partial charge on any atom is 0.217 e. The molecule has 5 nitrogen and oxygen atoms in total. The first kappa shape index (κ1) is 13.8. The Kier molecular flexibility index (Phi) is 4.12. The van der Waals surface area contributed by atoms with Crippen molar-refractivity contribution in [3.8, 4) is 0 Å². The molecule has 19 heavy (non-hydrogen) atoms. The smallest absolute Gasteiger partial charge is 0.217 e. The summed E-state index contributed by atoms with van der Waals surface area (Å²) >= 11 is 0. The van der Waals surface area contributed by atoms with Crippen molar-refractivity contribution in [3.05, 3.63) is 0 Å². The van der Waals surface area contributed by atoms with E-state index in [-0.39, 0.29) is 17.4 Å². The summed E-state index contributed by atoms with van der Waals surface area (Å²) in [6.07, 6.45) is 5.91. The third-order valence-corrected chi connectivity index (χ3v) is 7.14. The van der Waals surface area contributed by atoms with Crippen LogP contribution in [0.3, 0.4) is 0 Å². The summed E-state index contributed by atoms with van der Waals surface area (Å²) in [4.78, 5) is 0. The van der Waals surface area contributed by atoms with Gasteiger partial charge >= 0.3 is 0 Å². The second-order valence-corrected chi connectivity index (χ2v) is 8.03. The zero-order valence-corrected chi connectivity index (χ0v) is 12.2. The molecular weight excluding hydrogens is 264 g/mol. The van der Waals surface area contributed by atoms with Gasteiger partial charge in [0.1, 0.15) is 0 Å². The Morgan fingerprint density at radius 1 is 1.05 bits per heavy atom. The van der Waals surface area contributed by atoms with Crippen LogP contribution in [-0.4, -0.2) is 56.4 Å². The Balaban J connectivity index is 1.78. The fourth-order valence-electron chi connectivity index (χ4n) is 3.66. The number of nitrogens with one attached hydrogen (secondary N) is 1. The molecule has 0 aromatic carbocycles. The lowest BCUT2D eigenvalue weighted by molar-refractivity contribution is -0.0589. The molecule has 1 N–H and O–H groups in total. The molecule has 3 aliphatic rings. The van der Waals surface area contributed by atoms with Crippen LogP contribution in [0.5, 0.6) is 0 Å². The van der Waals surface area contributed by atoms with Crippen LogP contribution < -0.4 is 5.32 Å². The number of sulfonamides is 1. The van der Waals surface area contributed by atoms with Crippen LogP contribution in [0.4, 0.5) is 0 Å². The Hall–Kier alpha value is -0.170. The maximum absolute atomic E-state index is 12.8. The van der Waals surface area contributed by atoms with E-state index in [0.29, 0.717) is 13.2 Å². The lowest BCUT2D eigenvalue weighted by atomic mass is 9.91. The molecule has 1 saturated carbocycles. The van der Waals surface area contributed by atoms with Gasteiger partial charge in [-0.25, -0.2) is 8.42 Å². The second kappa shape index (κ2) is 5.68. The largest absolute Gasteiger partial charge is 0.375 e. The van der Waals surface area contributed by atoms with Gasteiger partial charge in [-0.3, -0.25) is 0 Å². The van der Waals surface area contributed by atoms with E-state index in [1.807, 2.05) is 0 Å². The quantitative estimate of drug-likeness (QED) is 0.813. The zero-order chi connectivity index (χ0) is 13.3. The molecule has 1 aliphatic carbocycles. The molecule has 2 unspecified atom stereocenters. The number of morpholine rings is 1. The number of rotatable bonds is 2.